The summed E-state index contributed by atoms with van der Waals surface area (Å²) in [4.78, 5) is 17.3. The third-order valence-electron chi connectivity index (χ3n) is 7.77. The van der Waals surface area contributed by atoms with Crippen molar-refractivity contribution in [2.45, 2.75) is 64.1 Å². The van der Waals surface area contributed by atoms with E-state index >= 15 is 0 Å². The molecule has 8 heteroatoms. The zero-order chi connectivity index (χ0) is 25.5. The van der Waals surface area contributed by atoms with Gasteiger partial charge in [-0.25, -0.2) is 4.98 Å². The van der Waals surface area contributed by atoms with Crippen molar-refractivity contribution in [3.8, 4) is 5.75 Å². The number of hydrogen-bond donors (Lipinski definition) is 2. The number of rotatable bonds is 10. The topological polar surface area (TPSA) is 68.8 Å². The minimum Gasteiger partial charge on any atom is -0.494 e. The third kappa shape index (κ3) is 7.33. The Kier molecular flexibility index (Phi) is 9.13. The van der Waals surface area contributed by atoms with Crippen molar-refractivity contribution >= 4 is 11.8 Å². The van der Waals surface area contributed by atoms with Gasteiger partial charge in [-0.05, 0) is 57.5 Å². The van der Waals surface area contributed by atoms with Gasteiger partial charge in [0.15, 0.2) is 0 Å². The lowest BCUT2D eigenvalue weighted by Gasteiger charge is -2.28. The highest BCUT2D eigenvalue weighted by Gasteiger charge is 2.26. The first-order valence-electron chi connectivity index (χ1n) is 14.3. The molecule has 2 N–H and O–H groups in total. The highest BCUT2D eigenvalue weighted by molar-refractivity contribution is 5.54. The van der Waals surface area contributed by atoms with E-state index in [-0.39, 0.29) is 0 Å². The normalized spacial score (nSPS) is 20.6. The number of likely N-dealkylation sites (tertiary alicyclic amines) is 1. The second kappa shape index (κ2) is 12.9. The first kappa shape index (κ1) is 26.2. The van der Waals surface area contributed by atoms with E-state index in [4.69, 9.17) is 14.7 Å². The summed E-state index contributed by atoms with van der Waals surface area (Å²) in [7, 11) is 4.19. The molecule has 0 spiro atoms. The Hall–Kier alpha value is -2.42. The molecule has 0 radical (unpaired) electrons. The van der Waals surface area contributed by atoms with Gasteiger partial charge < -0.3 is 25.2 Å². The molecule has 4 heterocycles. The molecule has 1 aromatic heterocycles. The zero-order valence-corrected chi connectivity index (χ0v) is 22.8. The van der Waals surface area contributed by atoms with E-state index in [1.165, 1.54) is 48.3 Å². The van der Waals surface area contributed by atoms with Gasteiger partial charge in [-0.3, -0.25) is 4.90 Å². The Labute approximate surface area is 222 Å². The standard InChI is InChI=1S/C29H45N7O/c1-34(2)15-7-19-37-25-10-8-23(9-11-25)21-35-18-13-24(22-35)31-29-32-27-12-14-30-20-26(27)28(33-29)36-16-5-3-4-6-17-36/h8-11,24,30H,3-7,12-22H2,1-2H3,(H,31,32,33). The van der Waals surface area contributed by atoms with E-state index in [2.05, 4.69) is 63.7 Å². The van der Waals surface area contributed by atoms with Crippen molar-refractivity contribution in [2.75, 3.05) is 70.2 Å². The number of ether oxygens (including phenoxy) is 1. The maximum atomic E-state index is 5.89. The lowest BCUT2D eigenvalue weighted by atomic mass is 10.1. The van der Waals surface area contributed by atoms with E-state index in [0.29, 0.717) is 6.04 Å². The van der Waals surface area contributed by atoms with Crippen LogP contribution in [0.3, 0.4) is 0 Å². The Morgan fingerprint density at radius 1 is 1.05 bits per heavy atom. The lowest BCUT2D eigenvalue weighted by Crippen LogP contribution is -2.33. The SMILES string of the molecule is CN(C)CCCOc1ccc(CN2CCC(Nc3nc4c(c(N5CCCCCC5)n3)CNCC4)C2)cc1. The van der Waals surface area contributed by atoms with Crippen LogP contribution in [-0.2, 0) is 19.5 Å². The molecule has 0 bridgehead atoms. The van der Waals surface area contributed by atoms with Crippen molar-refractivity contribution in [2.24, 2.45) is 0 Å². The van der Waals surface area contributed by atoms with Crippen molar-refractivity contribution in [3.05, 3.63) is 41.1 Å². The molecule has 0 aliphatic carbocycles. The third-order valence-corrected chi connectivity index (χ3v) is 7.77. The second-order valence-corrected chi connectivity index (χ2v) is 11.1. The van der Waals surface area contributed by atoms with E-state index in [0.717, 1.165) is 89.9 Å². The maximum Gasteiger partial charge on any atom is 0.225 e. The summed E-state index contributed by atoms with van der Waals surface area (Å²) in [6.07, 6.45) is 8.33. The molecule has 2 saturated heterocycles. The fourth-order valence-corrected chi connectivity index (χ4v) is 5.73. The predicted octanol–water partition coefficient (Wildman–Crippen LogP) is 3.52. The highest BCUT2D eigenvalue weighted by Crippen LogP contribution is 2.28. The number of anilines is 2. The average molecular weight is 508 g/mol. The van der Waals surface area contributed by atoms with Crippen LogP contribution < -0.4 is 20.3 Å². The molecule has 8 nitrogen and oxygen atoms in total. The van der Waals surface area contributed by atoms with Crippen LogP contribution >= 0.6 is 0 Å². The monoisotopic (exact) mass is 507 g/mol. The molecule has 0 saturated carbocycles. The van der Waals surface area contributed by atoms with Gasteiger partial charge in [-0.15, -0.1) is 0 Å². The highest BCUT2D eigenvalue weighted by atomic mass is 16.5. The van der Waals surface area contributed by atoms with Crippen LogP contribution in [0.25, 0.3) is 0 Å². The summed E-state index contributed by atoms with van der Waals surface area (Å²) in [5.41, 5.74) is 3.88. The van der Waals surface area contributed by atoms with Crippen LogP contribution in [0.5, 0.6) is 5.75 Å². The summed E-state index contributed by atoms with van der Waals surface area (Å²) in [5, 5.41) is 7.25. The van der Waals surface area contributed by atoms with E-state index in [1.807, 2.05) is 0 Å². The maximum absolute atomic E-state index is 5.89. The number of benzene rings is 1. The van der Waals surface area contributed by atoms with Gasteiger partial charge >= 0.3 is 0 Å². The van der Waals surface area contributed by atoms with Crippen LogP contribution in [0.4, 0.5) is 11.8 Å². The molecule has 0 amide bonds. The van der Waals surface area contributed by atoms with Crippen molar-refractivity contribution in [1.82, 2.24) is 25.1 Å². The molecular formula is C29H45N7O. The molecule has 2 fully saturated rings. The predicted molar refractivity (Wildman–Crippen MR) is 151 cm³/mol. The average Bonchev–Trinajstić information content (AvgIpc) is 3.16. The Morgan fingerprint density at radius 2 is 1.86 bits per heavy atom. The van der Waals surface area contributed by atoms with Gasteiger partial charge in [-0.1, -0.05) is 25.0 Å². The first-order chi connectivity index (χ1) is 18.1. The summed E-state index contributed by atoms with van der Waals surface area (Å²) < 4.78 is 5.89. The second-order valence-electron chi connectivity index (χ2n) is 11.1. The van der Waals surface area contributed by atoms with Gasteiger partial charge in [0.1, 0.15) is 11.6 Å². The summed E-state index contributed by atoms with van der Waals surface area (Å²) in [6.45, 7) is 9.00. The fraction of sp³-hybridized carbons (Fsp3) is 0.655. The summed E-state index contributed by atoms with van der Waals surface area (Å²) in [5.74, 6) is 2.95. The van der Waals surface area contributed by atoms with Crippen LogP contribution in [0, 0.1) is 0 Å². The van der Waals surface area contributed by atoms with E-state index in [1.54, 1.807) is 0 Å². The molecule has 2 aromatic rings. The molecule has 37 heavy (non-hydrogen) atoms. The molecule has 1 unspecified atom stereocenters. The lowest BCUT2D eigenvalue weighted by molar-refractivity contribution is 0.281. The number of aromatic nitrogens is 2. The van der Waals surface area contributed by atoms with Crippen LogP contribution in [0.2, 0.25) is 0 Å². The smallest absolute Gasteiger partial charge is 0.225 e. The molecule has 1 atom stereocenters. The molecule has 5 rings (SSSR count). The minimum absolute atomic E-state index is 0.385. The van der Waals surface area contributed by atoms with Crippen molar-refractivity contribution < 1.29 is 4.74 Å². The van der Waals surface area contributed by atoms with E-state index < -0.39 is 0 Å². The largest absolute Gasteiger partial charge is 0.494 e. The minimum atomic E-state index is 0.385. The fourth-order valence-electron chi connectivity index (χ4n) is 5.73. The van der Waals surface area contributed by atoms with Gasteiger partial charge in [0.05, 0.1) is 12.3 Å². The van der Waals surface area contributed by atoms with Crippen molar-refractivity contribution in [3.63, 3.8) is 0 Å². The quantitative estimate of drug-likeness (QED) is 0.474. The van der Waals surface area contributed by atoms with E-state index in [9.17, 15) is 0 Å². The molecular weight excluding hydrogens is 462 g/mol. The molecule has 3 aliphatic rings. The van der Waals surface area contributed by atoms with Gasteiger partial charge in [0, 0.05) is 70.4 Å². The Morgan fingerprint density at radius 3 is 2.65 bits per heavy atom. The Bertz CT molecular complexity index is 988. The molecule has 202 valence electrons. The van der Waals surface area contributed by atoms with Gasteiger partial charge in [0.2, 0.25) is 5.95 Å². The molecule has 1 aromatic carbocycles. The number of nitrogens with zero attached hydrogens (tertiary/aromatic N) is 5. The number of hydrogen-bond acceptors (Lipinski definition) is 8. The summed E-state index contributed by atoms with van der Waals surface area (Å²) in [6, 6.07) is 9.01. The van der Waals surface area contributed by atoms with Crippen LogP contribution in [0.15, 0.2) is 24.3 Å². The van der Waals surface area contributed by atoms with Gasteiger partial charge in [0.25, 0.3) is 0 Å². The van der Waals surface area contributed by atoms with Crippen LogP contribution in [0.1, 0.15) is 55.3 Å². The number of nitrogens with one attached hydrogen (secondary N) is 2. The van der Waals surface area contributed by atoms with Crippen molar-refractivity contribution in [1.29, 1.82) is 0 Å². The molecule has 3 aliphatic heterocycles. The zero-order valence-electron chi connectivity index (χ0n) is 22.8. The summed E-state index contributed by atoms with van der Waals surface area (Å²) >= 11 is 0. The first-order valence-corrected chi connectivity index (χ1v) is 14.3. The Balaban J connectivity index is 1.16. The van der Waals surface area contributed by atoms with Gasteiger partial charge in [-0.2, -0.15) is 4.98 Å². The van der Waals surface area contributed by atoms with Crippen LogP contribution in [-0.4, -0.2) is 85.8 Å². The number of fused-ring (bicyclic) bond motifs is 1.